The average molecular weight is 296 g/mol. The van der Waals surface area contributed by atoms with Crippen LogP contribution in [0.1, 0.15) is 24.5 Å². The van der Waals surface area contributed by atoms with E-state index >= 15 is 0 Å². The minimum Gasteiger partial charge on any atom is -0.448 e. The molecule has 1 atom stereocenters. The van der Waals surface area contributed by atoms with Crippen molar-refractivity contribution in [1.82, 2.24) is 18.8 Å². The smallest absolute Gasteiger partial charge is 0.262 e. The van der Waals surface area contributed by atoms with Gasteiger partial charge in [0.2, 0.25) is 0 Å². The fourth-order valence-electron chi connectivity index (χ4n) is 2.47. The van der Waals surface area contributed by atoms with Crippen molar-refractivity contribution in [2.24, 2.45) is 7.05 Å². The zero-order valence-corrected chi connectivity index (χ0v) is 12.0. The fourth-order valence-corrected chi connectivity index (χ4v) is 3.96. The van der Waals surface area contributed by atoms with Gasteiger partial charge in [0, 0.05) is 32.3 Å². The van der Waals surface area contributed by atoms with Crippen molar-refractivity contribution in [3.05, 3.63) is 30.9 Å². The van der Waals surface area contributed by atoms with Gasteiger partial charge in [-0.2, -0.15) is 4.31 Å². The van der Waals surface area contributed by atoms with Crippen molar-refractivity contribution in [3.8, 4) is 0 Å². The van der Waals surface area contributed by atoms with E-state index in [1.54, 1.807) is 17.8 Å². The third-order valence-electron chi connectivity index (χ3n) is 3.52. The molecule has 0 unspecified atom stereocenters. The lowest BCUT2D eigenvalue weighted by molar-refractivity contribution is 0.290. The summed E-state index contributed by atoms with van der Waals surface area (Å²) < 4.78 is 33.4. The van der Waals surface area contributed by atoms with Gasteiger partial charge in [-0.3, -0.25) is 0 Å². The number of piperidine rings is 1. The maximum atomic E-state index is 12.5. The van der Waals surface area contributed by atoms with Crippen LogP contribution in [0.3, 0.4) is 0 Å². The normalized spacial score (nSPS) is 21.1. The third-order valence-corrected chi connectivity index (χ3v) is 5.27. The molecule has 1 aliphatic heterocycles. The van der Waals surface area contributed by atoms with Crippen LogP contribution in [-0.4, -0.2) is 40.3 Å². The molecule has 0 bridgehead atoms. The molecule has 1 aliphatic rings. The maximum absolute atomic E-state index is 12.5. The molecule has 0 aromatic carbocycles. The summed E-state index contributed by atoms with van der Waals surface area (Å²) in [6.45, 7) is 0.928. The highest BCUT2D eigenvalue weighted by molar-refractivity contribution is 7.89. The standard InChI is InChI=1S/C12H16N4O3S/c1-15-7-12(14-8-15)20(17,18)16-4-2-3-10(6-16)11-5-13-9-19-11/h5,7-10H,2-4,6H2,1H3/t10-/m1/s1. The minimum absolute atomic E-state index is 0.0599. The molecule has 3 heterocycles. The van der Waals surface area contributed by atoms with E-state index in [2.05, 4.69) is 9.97 Å². The number of rotatable bonds is 3. The Morgan fingerprint density at radius 3 is 2.95 bits per heavy atom. The summed E-state index contributed by atoms with van der Waals surface area (Å²) in [6, 6.07) is 0. The minimum atomic E-state index is -3.53. The van der Waals surface area contributed by atoms with E-state index in [1.165, 1.54) is 23.2 Å². The van der Waals surface area contributed by atoms with Gasteiger partial charge in [-0.15, -0.1) is 0 Å². The second-order valence-electron chi connectivity index (χ2n) is 4.98. The molecule has 0 aliphatic carbocycles. The first-order valence-corrected chi connectivity index (χ1v) is 7.88. The van der Waals surface area contributed by atoms with Gasteiger partial charge in [0.05, 0.1) is 12.5 Å². The van der Waals surface area contributed by atoms with Crippen molar-refractivity contribution >= 4 is 10.0 Å². The van der Waals surface area contributed by atoms with Gasteiger partial charge in [-0.05, 0) is 12.8 Å². The van der Waals surface area contributed by atoms with Crippen LogP contribution in [0, 0.1) is 0 Å². The maximum Gasteiger partial charge on any atom is 0.262 e. The molecule has 1 saturated heterocycles. The van der Waals surface area contributed by atoms with Crippen molar-refractivity contribution in [2.75, 3.05) is 13.1 Å². The first kappa shape index (κ1) is 13.3. The summed E-state index contributed by atoms with van der Waals surface area (Å²) in [5.41, 5.74) is 0. The SMILES string of the molecule is Cn1cnc(S(=O)(=O)N2CCC[C@@H](c3cnco3)C2)c1. The summed E-state index contributed by atoms with van der Waals surface area (Å²) in [4.78, 5) is 7.84. The Morgan fingerprint density at radius 2 is 2.30 bits per heavy atom. The summed E-state index contributed by atoms with van der Waals surface area (Å²) in [5.74, 6) is 0.802. The van der Waals surface area contributed by atoms with Crippen LogP contribution in [-0.2, 0) is 17.1 Å². The van der Waals surface area contributed by atoms with Crippen LogP contribution < -0.4 is 0 Å². The molecule has 0 amide bonds. The molecule has 0 N–H and O–H groups in total. The first-order chi connectivity index (χ1) is 9.57. The summed E-state index contributed by atoms with van der Waals surface area (Å²) in [6.07, 6.45) is 7.75. The quantitative estimate of drug-likeness (QED) is 0.843. The molecular weight excluding hydrogens is 280 g/mol. The molecular formula is C12H16N4O3S. The fraction of sp³-hybridized carbons (Fsp3) is 0.500. The van der Waals surface area contributed by atoms with E-state index in [1.807, 2.05) is 0 Å². The zero-order chi connectivity index (χ0) is 14.2. The van der Waals surface area contributed by atoms with Crippen molar-refractivity contribution < 1.29 is 12.8 Å². The molecule has 2 aromatic heterocycles. The largest absolute Gasteiger partial charge is 0.448 e. The van der Waals surface area contributed by atoms with E-state index < -0.39 is 10.0 Å². The number of aryl methyl sites for hydroxylation is 1. The number of nitrogens with zero attached hydrogens (tertiary/aromatic N) is 4. The molecule has 1 fully saturated rings. The van der Waals surface area contributed by atoms with Gasteiger partial charge < -0.3 is 8.98 Å². The molecule has 0 spiro atoms. The Bertz CT molecular complexity index is 677. The number of aromatic nitrogens is 3. The molecule has 20 heavy (non-hydrogen) atoms. The molecule has 108 valence electrons. The van der Waals surface area contributed by atoms with Gasteiger partial charge >= 0.3 is 0 Å². The summed E-state index contributed by atoms with van der Waals surface area (Å²) in [5, 5.41) is 0.0956. The van der Waals surface area contributed by atoms with E-state index in [4.69, 9.17) is 4.42 Å². The van der Waals surface area contributed by atoms with E-state index in [0.717, 1.165) is 18.6 Å². The molecule has 0 radical (unpaired) electrons. The lowest BCUT2D eigenvalue weighted by Crippen LogP contribution is -2.39. The Kier molecular flexibility index (Phi) is 3.35. The number of imidazole rings is 1. The second-order valence-corrected chi connectivity index (χ2v) is 6.87. The Hall–Kier alpha value is -1.67. The Labute approximate surface area is 117 Å². The number of hydrogen-bond donors (Lipinski definition) is 0. The van der Waals surface area contributed by atoms with Gasteiger partial charge in [0.1, 0.15) is 5.76 Å². The van der Waals surface area contributed by atoms with Crippen LogP contribution in [0.2, 0.25) is 0 Å². The van der Waals surface area contributed by atoms with Crippen LogP contribution >= 0.6 is 0 Å². The molecule has 2 aromatic rings. The van der Waals surface area contributed by atoms with E-state index in [0.29, 0.717) is 13.1 Å². The number of hydrogen-bond acceptors (Lipinski definition) is 5. The van der Waals surface area contributed by atoms with E-state index in [9.17, 15) is 8.42 Å². The molecule has 0 saturated carbocycles. The van der Waals surface area contributed by atoms with Crippen molar-refractivity contribution in [3.63, 3.8) is 0 Å². The van der Waals surface area contributed by atoms with Crippen LogP contribution in [0.5, 0.6) is 0 Å². The van der Waals surface area contributed by atoms with Crippen LogP contribution in [0.15, 0.2) is 34.6 Å². The van der Waals surface area contributed by atoms with Crippen LogP contribution in [0.25, 0.3) is 0 Å². The average Bonchev–Trinajstić information content (AvgIpc) is 3.10. The Morgan fingerprint density at radius 1 is 1.45 bits per heavy atom. The summed E-state index contributed by atoms with van der Waals surface area (Å²) in [7, 11) is -1.78. The monoisotopic (exact) mass is 296 g/mol. The highest BCUT2D eigenvalue weighted by Gasteiger charge is 2.33. The summed E-state index contributed by atoms with van der Waals surface area (Å²) >= 11 is 0. The van der Waals surface area contributed by atoms with Crippen molar-refractivity contribution in [1.29, 1.82) is 0 Å². The number of sulfonamides is 1. The van der Waals surface area contributed by atoms with Gasteiger partial charge in [0.15, 0.2) is 11.4 Å². The topological polar surface area (TPSA) is 81.2 Å². The highest BCUT2D eigenvalue weighted by Crippen LogP contribution is 2.29. The van der Waals surface area contributed by atoms with Gasteiger partial charge in [-0.1, -0.05) is 0 Å². The predicted molar refractivity (Wildman–Crippen MR) is 70.4 cm³/mol. The molecule has 3 rings (SSSR count). The van der Waals surface area contributed by atoms with Crippen LogP contribution in [0.4, 0.5) is 0 Å². The van der Waals surface area contributed by atoms with Gasteiger partial charge in [0.25, 0.3) is 10.0 Å². The molecule has 7 nitrogen and oxygen atoms in total. The first-order valence-electron chi connectivity index (χ1n) is 6.44. The Balaban J connectivity index is 1.83. The lowest BCUT2D eigenvalue weighted by atomic mass is 9.98. The van der Waals surface area contributed by atoms with E-state index in [-0.39, 0.29) is 10.9 Å². The predicted octanol–water partition coefficient (Wildman–Crippen LogP) is 0.976. The third kappa shape index (κ3) is 2.36. The zero-order valence-electron chi connectivity index (χ0n) is 11.1. The highest BCUT2D eigenvalue weighted by atomic mass is 32.2. The molecule has 8 heteroatoms. The lowest BCUT2D eigenvalue weighted by Gasteiger charge is -2.30. The van der Waals surface area contributed by atoms with Crippen molar-refractivity contribution in [2.45, 2.75) is 23.8 Å². The van der Waals surface area contributed by atoms with Gasteiger partial charge in [-0.25, -0.2) is 18.4 Å². The second kappa shape index (κ2) is 5.02. The number of oxazole rings is 1.